The van der Waals surface area contributed by atoms with Crippen LogP contribution in [0.25, 0.3) is 0 Å². The summed E-state index contributed by atoms with van der Waals surface area (Å²) in [6, 6.07) is 14.1. The number of aryl methyl sites for hydroxylation is 1. The average Bonchev–Trinajstić information content (AvgIpc) is 3.17. The van der Waals surface area contributed by atoms with Crippen LogP contribution in [0.3, 0.4) is 0 Å². The second kappa shape index (κ2) is 9.32. The number of amides is 2. The molecule has 2 aliphatic rings. The molecule has 4 rings (SSSR count). The lowest BCUT2D eigenvalue weighted by molar-refractivity contribution is -0.122. The van der Waals surface area contributed by atoms with E-state index in [1.165, 1.54) is 5.69 Å². The van der Waals surface area contributed by atoms with Crippen LogP contribution < -0.4 is 15.1 Å². The molecule has 2 amide bonds. The zero-order valence-electron chi connectivity index (χ0n) is 18.4. The van der Waals surface area contributed by atoms with Gasteiger partial charge in [-0.25, -0.2) is 0 Å². The van der Waals surface area contributed by atoms with Crippen molar-refractivity contribution in [3.05, 3.63) is 48.0 Å². The summed E-state index contributed by atoms with van der Waals surface area (Å²) in [6.07, 6.45) is 2.27. The molecule has 0 aromatic heterocycles. The molecule has 2 aromatic rings. The third kappa shape index (κ3) is 4.88. The summed E-state index contributed by atoms with van der Waals surface area (Å²) in [4.78, 5) is 33.0. The maximum absolute atomic E-state index is 12.9. The molecule has 0 aliphatic carbocycles. The van der Waals surface area contributed by atoms with Crippen LogP contribution in [0.2, 0.25) is 0 Å². The van der Waals surface area contributed by atoms with E-state index >= 15 is 0 Å². The summed E-state index contributed by atoms with van der Waals surface area (Å²) in [5, 5.41) is 3.05. The van der Waals surface area contributed by atoms with Crippen LogP contribution in [0.4, 0.5) is 17.1 Å². The topological polar surface area (TPSA) is 55.9 Å². The normalized spacial score (nSPS) is 19.7. The van der Waals surface area contributed by atoms with E-state index in [1.54, 1.807) is 16.7 Å². The van der Waals surface area contributed by atoms with Gasteiger partial charge in [-0.2, -0.15) is 0 Å². The van der Waals surface area contributed by atoms with Crippen LogP contribution in [0.1, 0.15) is 12.0 Å². The first-order chi connectivity index (χ1) is 14.9. The van der Waals surface area contributed by atoms with Gasteiger partial charge in [-0.1, -0.05) is 0 Å². The van der Waals surface area contributed by atoms with E-state index in [9.17, 15) is 9.59 Å². The Kier molecular flexibility index (Phi) is 6.53. The standard InChI is InChI=1S/C24H30N4O2S/c1-17-14-20(27-12-10-26(2)11-13-27)6-9-22(17)25-24(30)18-15-23(29)28(16-18)19-4-7-21(31-3)8-5-19/h4-9,14,18H,10-13,15-16H2,1-3H3,(H,25,30)/t18-/m1/s1. The number of likely N-dealkylation sites (N-methyl/N-ethyl adjacent to an activating group) is 1. The molecule has 31 heavy (non-hydrogen) atoms. The number of carbonyl (C=O) groups is 2. The van der Waals surface area contributed by atoms with Crippen LogP contribution >= 0.6 is 11.8 Å². The Morgan fingerprint density at radius 2 is 1.71 bits per heavy atom. The van der Waals surface area contributed by atoms with E-state index in [0.29, 0.717) is 6.54 Å². The highest BCUT2D eigenvalue weighted by Gasteiger charge is 2.35. The highest BCUT2D eigenvalue weighted by Crippen LogP contribution is 2.29. The number of rotatable bonds is 5. The molecule has 7 heteroatoms. The first kappa shape index (κ1) is 21.7. The fraction of sp³-hybridized carbons (Fsp3) is 0.417. The number of hydrogen-bond acceptors (Lipinski definition) is 5. The Morgan fingerprint density at radius 3 is 2.35 bits per heavy atom. The number of thioether (sulfide) groups is 1. The number of piperazine rings is 1. The van der Waals surface area contributed by atoms with Crippen molar-refractivity contribution in [2.45, 2.75) is 18.2 Å². The predicted molar refractivity (Wildman–Crippen MR) is 128 cm³/mol. The lowest BCUT2D eigenvalue weighted by atomic mass is 10.1. The van der Waals surface area contributed by atoms with E-state index in [4.69, 9.17) is 0 Å². The van der Waals surface area contributed by atoms with Crippen molar-refractivity contribution in [3.63, 3.8) is 0 Å². The second-order valence-electron chi connectivity index (χ2n) is 8.38. The molecule has 0 saturated carbocycles. The van der Waals surface area contributed by atoms with E-state index in [-0.39, 0.29) is 24.2 Å². The summed E-state index contributed by atoms with van der Waals surface area (Å²) >= 11 is 1.67. The van der Waals surface area contributed by atoms with Gasteiger partial charge in [0.2, 0.25) is 11.8 Å². The van der Waals surface area contributed by atoms with Crippen LogP contribution in [0, 0.1) is 12.8 Å². The zero-order chi connectivity index (χ0) is 22.0. The van der Waals surface area contributed by atoms with Crippen molar-refractivity contribution in [3.8, 4) is 0 Å². The molecule has 2 aliphatic heterocycles. The first-order valence-electron chi connectivity index (χ1n) is 10.7. The monoisotopic (exact) mass is 438 g/mol. The van der Waals surface area contributed by atoms with Crippen molar-refractivity contribution < 1.29 is 9.59 Å². The number of carbonyl (C=O) groups excluding carboxylic acids is 2. The number of benzene rings is 2. The summed E-state index contributed by atoms with van der Waals surface area (Å²) in [5.41, 5.74) is 3.90. The van der Waals surface area contributed by atoms with Crippen LogP contribution in [0.15, 0.2) is 47.4 Å². The molecule has 2 saturated heterocycles. The Bertz CT molecular complexity index is 955. The molecule has 0 unspecified atom stereocenters. The summed E-state index contributed by atoms with van der Waals surface area (Å²) in [6.45, 7) is 6.59. The van der Waals surface area contributed by atoms with Gasteiger partial charge < -0.3 is 20.0 Å². The second-order valence-corrected chi connectivity index (χ2v) is 9.26. The minimum Gasteiger partial charge on any atom is -0.369 e. The van der Waals surface area contributed by atoms with Gasteiger partial charge in [0.1, 0.15) is 0 Å². The molecule has 6 nitrogen and oxygen atoms in total. The van der Waals surface area contributed by atoms with Crippen LogP contribution in [0.5, 0.6) is 0 Å². The van der Waals surface area contributed by atoms with Crippen LogP contribution in [-0.2, 0) is 9.59 Å². The third-order valence-corrected chi connectivity index (χ3v) is 6.96. The Hall–Kier alpha value is -2.51. The van der Waals surface area contributed by atoms with Crippen molar-refractivity contribution in [1.82, 2.24) is 4.90 Å². The fourth-order valence-corrected chi connectivity index (χ4v) is 4.59. The number of hydrogen-bond donors (Lipinski definition) is 1. The summed E-state index contributed by atoms with van der Waals surface area (Å²) in [5.74, 6) is -0.435. The van der Waals surface area contributed by atoms with E-state index in [2.05, 4.69) is 34.3 Å². The lowest BCUT2D eigenvalue weighted by Gasteiger charge is -2.34. The van der Waals surface area contributed by atoms with Gasteiger partial charge in [0, 0.05) is 61.1 Å². The highest BCUT2D eigenvalue weighted by molar-refractivity contribution is 7.98. The minimum atomic E-state index is -0.343. The van der Waals surface area contributed by atoms with Crippen molar-refractivity contribution in [2.75, 3.05) is 61.1 Å². The molecule has 0 spiro atoms. The highest BCUT2D eigenvalue weighted by atomic mass is 32.2. The fourth-order valence-electron chi connectivity index (χ4n) is 4.18. The largest absolute Gasteiger partial charge is 0.369 e. The SMILES string of the molecule is CSc1ccc(N2C[C@H](C(=O)Nc3ccc(N4CCN(C)CC4)cc3C)CC2=O)cc1. The molecule has 2 aromatic carbocycles. The van der Waals surface area contributed by atoms with Gasteiger partial charge >= 0.3 is 0 Å². The molecule has 2 fully saturated rings. The molecule has 0 bridgehead atoms. The third-order valence-electron chi connectivity index (χ3n) is 6.22. The summed E-state index contributed by atoms with van der Waals surface area (Å²) in [7, 11) is 2.15. The maximum Gasteiger partial charge on any atom is 0.229 e. The molecular weight excluding hydrogens is 408 g/mol. The van der Waals surface area contributed by atoms with Crippen molar-refractivity contribution in [1.29, 1.82) is 0 Å². The van der Waals surface area contributed by atoms with Gasteiger partial charge in [0.05, 0.1) is 5.92 Å². The van der Waals surface area contributed by atoms with Gasteiger partial charge in [-0.15, -0.1) is 11.8 Å². The lowest BCUT2D eigenvalue weighted by Crippen LogP contribution is -2.44. The van der Waals surface area contributed by atoms with E-state index < -0.39 is 0 Å². The van der Waals surface area contributed by atoms with E-state index in [0.717, 1.165) is 48.0 Å². The minimum absolute atomic E-state index is 0.000752. The summed E-state index contributed by atoms with van der Waals surface area (Å²) < 4.78 is 0. The Balaban J connectivity index is 1.39. The maximum atomic E-state index is 12.9. The Labute approximate surface area is 188 Å². The zero-order valence-corrected chi connectivity index (χ0v) is 19.2. The van der Waals surface area contributed by atoms with Crippen molar-refractivity contribution in [2.24, 2.45) is 5.92 Å². The average molecular weight is 439 g/mol. The quantitative estimate of drug-likeness (QED) is 0.725. The van der Waals surface area contributed by atoms with E-state index in [1.807, 2.05) is 43.5 Å². The molecule has 2 heterocycles. The molecule has 164 valence electrons. The van der Waals surface area contributed by atoms with Gasteiger partial charge in [0.25, 0.3) is 0 Å². The molecular formula is C24H30N4O2S. The van der Waals surface area contributed by atoms with Gasteiger partial charge in [-0.3, -0.25) is 9.59 Å². The smallest absolute Gasteiger partial charge is 0.229 e. The Morgan fingerprint density at radius 1 is 1.03 bits per heavy atom. The molecule has 1 N–H and O–H groups in total. The number of anilines is 3. The first-order valence-corrected chi connectivity index (χ1v) is 12.0. The predicted octanol–water partition coefficient (Wildman–Crippen LogP) is 3.46. The van der Waals surface area contributed by atoms with Gasteiger partial charge in [0.15, 0.2) is 0 Å². The van der Waals surface area contributed by atoms with Crippen molar-refractivity contribution >= 4 is 40.6 Å². The molecule has 0 radical (unpaired) electrons. The number of nitrogens with zero attached hydrogens (tertiary/aromatic N) is 3. The van der Waals surface area contributed by atoms with Crippen LogP contribution in [-0.4, -0.2) is 62.7 Å². The van der Waals surface area contributed by atoms with Gasteiger partial charge in [-0.05, 0) is 68.3 Å². The molecule has 1 atom stereocenters. The number of nitrogens with one attached hydrogen (secondary N) is 1.